The number of rotatable bonds is 14. The zero-order valence-corrected chi connectivity index (χ0v) is 27.8. The second kappa shape index (κ2) is 15.4. The second-order valence-electron chi connectivity index (χ2n) is 12.6. The van der Waals surface area contributed by atoms with Crippen molar-refractivity contribution in [3.63, 3.8) is 0 Å². The molecule has 6 rings (SSSR count). The first-order chi connectivity index (χ1) is 25.0. The molecule has 2 atom stereocenters. The lowest BCUT2D eigenvalue weighted by atomic mass is 9.86. The molecule has 1 aliphatic rings. The van der Waals surface area contributed by atoms with E-state index in [1.165, 1.54) is 42.6 Å². The minimum absolute atomic E-state index is 0.0834. The molecule has 14 heteroatoms. The molecule has 0 radical (unpaired) electrons. The van der Waals surface area contributed by atoms with Crippen LogP contribution in [0.2, 0.25) is 0 Å². The highest BCUT2D eigenvalue weighted by molar-refractivity contribution is 5.94. The molecular formula is C38H37N5O9. The fourth-order valence-electron chi connectivity index (χ4n) is 6.10. The number of fused-ring (bicyclic) bond motifs is 1. The molecular weight excluding hydrogens is 670 g/mol. The standard InChI is InChI=1S/C38H37N5O9/c44-31-13-11-29(30-12-14-33(46)43-35(30)31)32(45)20-39-19-25-10-9-22(18-40-25)36(48)42-27-16-26(17-27)41-34(47)21-52-28-8-4-7-24(15-28)38(51,37(49)50)23-5-2-1-3-6-23/h1-15,18,26-27,32,39,44-45,51H,16-17,19-21H2,(H,41,47)(H,42,48)(H,43,46)(H,49,50)/t26-,27-,32-,38-/m0/s1. The zero-order valence-electron chi connectivity index (χ0n) is 27.8. The fraction of sp³-hybridized carbons (Fsp3) is 0.237. The van der Waals surface area contributed by atoms with Crippen LogP contribution in [0.5, 0.6) is 11.5 Å². The monoisotopic (exact) mass is 707 g/mol. The average Bonchev–Trinajstić information content (AvgIpc) is 3.13. The number of phenols is 1. The van der Waals surface area contributed by atoms with E-state index in [9.17, 15) is 39.6 Å². The Labute approximate surface area is 297 Å². The molecule has 52 heavy (non-hydrogen) atoms. The van der Waals surface area contributed by atoms with E-state index in [1.54, 1.807) is 54.6 Å². The van der Waals surface area contributed by atoms with Gasteiger partial charge >= 0.3 is 5.97 Å². The number of hydrogen-bond acceptors (Lipinski definition) is 10. The van der Waals surface area contributed by atoms with E-state index in [1.807, 2.05) is 0 Å². The van der Waals surface area contributed by atoms with Crippen molar-refractivity contribution < 1.29 is 39.5 Å². The van der Waals surface area contributed by atoms with Crippen molar-refractivity contribution in [3.8, 4) is 11.5 Å². The molecule has 2 aromatic heterocycles. The van der Waals surface area contributed by atoms with E-state index in [0.29, 0.717) is 41.6 Å². The SMILES string of the molecule is O=C(COc1cccc([C@](O)(C(=O)O)c2ccccc2)c1)N[C@H]1C[C@H](NC(=O)c2ccc(CNC[C@H](O)c3ccc(O)c4[nH]c(=O)ccc34)nc2)C1. The van der Waals surface area contributed by atoms with Crippen molar-refractivity contribution in [2.45, 2.75) is 43.2 Å². The maximum absolute atomic E-state index is 12.8. The lowest BCUT2D eigenvalue weighted by Crippen LogP contribution is -2.54. The van der Waals surface area contributed by atoms with E-state index >= 15 is 0 Å². The number of carbonyl (C=O) groups is 3. The number of aromatic amines is 1. The van der Waals surface area contributed by atoms with E-state index in [0.717, 1.165) is 0 Å². The molecule has 0 spiro atoms. The lowest BCUT2D eigenvalue weighted by molar-refractivity contribution is -0.155. The normalized spacial score (nSPS) is 17.0. The summed E-state index contributed by atoms with van der Waals surface area (Å²) in [6, 6.07) is 22.9. The van der Waals surface area contributed by atoms with Crippen molar-refractivity contribution in [1.29, 1.82) is 0 Å². The number of carboxylic acids is 1. The van der Waals surface area contributed by atoms with Crippen molar-refractivity contribution in [3.05, 3.63) is 135 Å². The smallest absolute Gasteiger partial charge is 0.345 e. The number of ether oxygens (including phenoxy) is 1. The van der Waals surface area contributed by atoms with Gasteiger partial charge in [0.05, 0.1) is 22.9 Å². The Hall–Kier alpha value is -6.09. The number of aliphatic hydroxyl groups excluding tert-OH is 1. The van der Waals surface area contributed by atoms with Crippen LogP contribution in [0.1, 0.15) is 51.7 Å². The van der Waals surface area contributed by atoms with Gasteiger partial charge < -0.3 is 46.1 Å². The number of nitrogens with one attached hydrogen (secondary N) is 4. The molecule has 1 saturated carbocycles. The minimum atomic E-state index is -2.30. The Bertz CT molecular complexity index is 2140. The molecule has 1 fully saturated rings. The second-order valence-corrected chi connectivity index (χ2v) is 12.6. The van der Waals surface area contributed by atoms with Gasteiger partial charge in [0.25, 0.3) is 11.8 Å². The fourth-order valence-corrected chi connectivity index (χ4v) is 6.10. The Morgan fingerprint density at radius 2 is 1.67 bits per heavy atom. The molecule has 14 nitrogen and oxygen atoms in total. The first-order valence-corrected chi connectivity index (χ1v) is 16.5. The van der Waals surface area contributed by atoms with E-state index in [4.69, 9.17) is 4.74 Å². The molecule has 0 unspecified atom stereocenters. The number of carbonyl (C=O) groups excluding carboxylic acids is 2. The Morgan fingerprint density at radius 1 is 0.923 bits per heavy atom. The Morgan fingerprint density at radius 3 is 2.40 bits per heavy atom. The highest BCUT2D eigenvalue weighted by Gasteiger charge is 2.40. The van der Waals surface area contributed by atoms with Gasteiger partial charge in [-0.3, -0.25) is 19.4 Å². The van der Waals surface area contributed by atoms with Crippen LogP contribution in [0, 0.1) is 0 Å². The third-order valence-corrected chi connectivity index (χ3v) is 8.96. The summed E-state index contributed by atoms with van der Waals surface area (Å²) in [6.45, 7) is 0.173. The predicted octanol–water partition coefficient (Wildman–Crippen LogP) is 2.23. The highest BCUT2D eigenvalue weighted by atomic mass is 16.5. The van der Waals surface area contributed by atoms with Crippen LogP contribution in [-0.2, 0) is 21.7 Å². The highest BCUT2D eigenvalue weighted by Crippen LogP contribution is 2.32. The summed E-state index contributed by atoms with van der Waals surface area (Å²) in [4.78, 5) is 56.0. The van der Waals surface area contributed by atoms with Crippen LogP contribution in [0.3, 0.4) is 0 Å². The number of aliphatic hydroxyl groups is 2. The molecule has 268 valence electrons. The number of amides is 2. The summed E-state index contributed by atoms with van der Waals surface area (Å²) in [6.07, 6.45) is 1.60. The van der Waals surface area contributed by atoms with Crippen LogP contribution in [0.15, 0.2) is 102 Å². The first-order valence-electron chi connectivity index (χ1n) is 16.5. The maximum atomic E-state index is 12.8. The summed E-state index contributed by atoms with van der Waals surface area (Å²) >= 11 is 0. The summed E-state index contributed by atoms with van der Waals surface area (Å²) in [5.41, 5.74) is -0.570. The number of aromatic nitrogens is 2. The summed E-state index contributed by atoms with van der Waals surface area (Å²) in [7, 11) is 0. The quantitative estimate of drug-likeness (QED) is 0.0836. The van der Waals surface area contributed by atoms with Gasteiger partial charge in [-0.15, -0.1) is 0 Å². The Balaban J connectivity index is 0.918. The molecule has 1 aliphatic carbocycles. The molecule has 2 amide bonds. The van der Waals surface area contributed by atoms with Crippen LogP contribution in [0.4, 0.5) is 0 Å². The van der Waals surface area contributed by atoms with Gasteiger partial charge in [0.2, 0.25) is 11.2 Å². The van der Waals surface area contributed by atoms with Gasteiger partial charge in [-0.25, -0.2) is 4.79 Å². The number of aliphatic carboxylic acids is 1. The number of carboxylic acid groups (broad SMARTS) is 1. The van der Waals surface area contributed by atoms with Crippen LogP contribution >= 0.6 is 0 Å². The first kappa shape index (κ1) is 35.7. The summed E-state index contributed by atoms with van der Waals surface area (Å²) in [5.74, 6) is -1.99. The molecule has 0 saturated heterocycles. The van der Waals surface area contributed by atoms with Crippen molar-refractivity contribution in [1.82, 2.24) is 25.9 Å². The number of nitrogens with zero attached hydrogens (tertiary/aromatic N) is 1. The minimum Gasteiger partial charge on any atom is -0.506 e. The summed E-state index contributed by atoms with van der Waals surface area (Å²) < 4.78 is 5.60. The van der Waals surface area contributed by atoms with Gasteiger partial charge in [0, 0.05) is 48.4 Å². The van der Waals surface area contributed by atoms with E-state index in [-0.39, 0.29) is 70.8 Å². The van der Waals surface area contributed by atoms with Crippen LogP contribution in [-0.4, -0.2) is 73.4 Å². The molecule has 0 aliphatic heterocycles. The largest absolute Gasteiger partial charge is 0.506 e. The van der Waals surface area contributed by atoms with Crippen molar-refractivity contribution in [2.24, 2.45) is 0 Å². The Kier molecular flexibility index (Phi) is 10.6. The number of pyridine rings is 2. The van der Waals surface area contributed by atoms with Gasteiger partial charge in [0.15, 0.2) is 6.61 Å². The number of aromatic hydroxyl groups is 1. The van der Waals surface area contributed by atoms with Gasteiger partial charge in [-0.1, -0.05) is 48.5 Å². The molecule has 8 N–H and O–H groups in total. The number of phenolic OH excluding ortho intramolecular Hbond substituents is 1. The predicted molar refractivity (Wildman–Crippen MR) is 189 cm³/mol. The third-order valence-electron chi connectivity index (χ3n) is 8.96. The molecule has 5 aromatic rings. The van der Waals surface area contributed by atoms with E-state index < -0.39 is 17.7 Å². The van der Waals surface area contributed by atoms with Gasteiger partial charge in [-0.2, -0.15) is 0 Å². The summed E-state index contributed by atoms with van der Waals surface area (Å²) in [5, 5.41) is 51.2. The van der Waals surface area contributed by atoms with Gasteiger partial charge in [0.1, 0.15) is 11.5 Å². The maximum Gasteiger partial charge on any atom is 0.345 e. The average molecular weight is 708 g/mol. The molecule has 0 bridgehead atoms. The number of hydrogen-bond donors (Lipinski definition) is 8. The lowest BCUT2D eigenvalue weighted by Gasteiger charge is -2.36. The van der Waals surface area contributed by atoms with Crippen LogP contribution in [0.25, 0.3) is 10.9 Å². The molecule has 3 aromatic carbocycles. The zero-order chi connectivity index (χ0) is 36.8. The number of benzene rings is 3. The van der Waals surface area contributed by atoms with Crippen LogP contribution < -0.4 is 26.2 Å². The molecule has 2 heterocycles. The third kappa shape index (κ3) is 7.94. The van der Waals surface area contributed by atoms with Gasteiger partial charge in [-0.05, 0) is 60.4 Å². The topological polar surface area (TPSA) is 223 Å². The van der Waals surface area contributed by atoms with E-state index in [2.05, 4.69) is 25.9 Å². The van der Waals surface area contributed by atoms with Crippen molar-refractivity contribution in [2.75, 3.05) is 13.2 Å². The number of H-pyrrole nitrogens is 1. The van der Waals surface area contributed by atoms with Crippen molar-refractivity contribution >= 4 is 28.7 Å².